The summed E-state index contributed by atoms with van der Waals surface area (Å²) in [6, 6.07) is 10.8. The molecule has 0 heterocycles. The fourth-order valence-electron chi connectivity index (χ4n) is 2.78. The number of rotatable bonds is 4. The Morgan fingerprint density at radius 3 is 2.45 bits per heavy atom. The van der Waals surface area contributed by atoms with E-state index in [0.717, 1.165) is 19.3 Å². The largest absolute Gasteiger partial charge is 0.452 e. The molecule has 0 aliphatic heterocycles. The second kappa shape index (κ2) is 7.08. The van der Waals surface area contributed by atoms with Crippen LogP contribution in [0.3, 0.4) is 0 Å². The predicted molar refractivity (Wildman–Crippen MR) is 80.9 cm³/mol. The summed E-state index contributed by atoms with van der Waals surface area (Å²) < 4.78 is 5.05. The van der Waals surface area contributed by atoms with Crippen molar-refractivity contribution in [2.45, 2.75) is 37.6 Å². The van der Waals surface area contributed by atoms with Crippen LogP contribution in [0.1, 0.15) is 42.5 Å². The summed E-state index contributed by atoms with van der Waals surface area (Å²) in [5.41, 5.74) is -0.347. The first-order valence-electron chi connectivity index (χ1n) is 7.49. The molecule has 0 N–H and O–H groups in total. The molecule has 5 heteroatoms. The number of ether oxygens (including phenoxy) is 1. The summed E-state index contributed by atoms with van der Waals surface area (Å²) in [4.78, 5) is 25.5. The highest BCUT2D eigenvalue weighted by Gasteiger charge is 2.38. The monoisotopic (exact) mass is 300 g/mol. The van der Waals surface area contributed by atoms with Gasteiger partial charge in [-0.3, -0.25) is 4.79 Å². The normalized spacial score (nSPS) is 16.4. The number of benzene rings is 1. The summed E-state index contributed by atoms with van der Waals surface area (Å²) >= 11 is 0. The zero-order valence-corrected chi connectivity index (χ0v) is 12.7. The van der Waals surface area contributed by atoms with E-state index >= 15 is 0 Å². The Morgan fingerprint density at radius 1 is 1.23 bits per heavy atom. The molecule has 1 aromatic rings. The lowest BCUT2D eigenvalue weighted by Crippen LogP contribution is -2.51. The van der Waals surface area contributed by atoms with Crippen molar-refractivity contribution in [3.05, 3.63) is 35.9 Å². The van der Waals surface area contributed by atoms with Crippen LogP contribution in [0.25, 0.3) is 0 Å². The van der Waals surface area contributed by atoms with Gasteiger partial charge in [0.25, 0.3) is 5.91 Å². The van der Waals surface area contributed by atoms with Gasteiger partial charge in [0.05, 0.1) is 11.6 Å². The number of nitrogens with zero attached hydrogens (tertiary/aromatic N) is 2. The Bertz CT molecular complexity index is 571. The van der Waals surface area contributed by atoms with Crippen molar-refractivity contribution in [1.29, 1.82) is 5.26 Å². The van der Waals surface area contributed by atoms with Crippen LogP contribution in [0.5, 0.6) is 0 Å². The topological polar surface area (TPSA) is 70.4 Å². The predicted octanol–water partition coefficient (Wildman–Crippen LogP) is 2.53. The molecular weight excluding hydrogens is 280 g/mol. The number of amides is 1. The first-order chi connectivity index (χ1) is 10.6. The second-order valence-electron chi connectivity index (χ2n) is 5.60. The first-order valence-corrected chi connectivity index (χ1v) is 7.49. The quantitative estimate of drug-likeness (QED) is 0.801. The molecule has 22 heavy (non-hydrogen) atoms. The van der Waals surface area contributed by atoms with Crippen LogP contribution < -0.4 is 0 Å². The minimum absolute atomic E-state index is 0.340. The van der Waals surface area contributed by atoms with Crippen molar-refractivity contribution in [2.24, 2.45) is 0 Å². The molecule has 116 valence electrons. The summed E-state index contributed by atoms with van der Waals surface area (Å²) in [6.07, 6.45) is 4.33. The van der Waals surface area contributed by atoms with Crippen LogP contribution in [0.15, 0.2) is 30.3 Å². The van der Waals surface area contributed by atoms with Crippen molar-refractivity contribution in [3.8, 4) is 6.07 Å². The van der Waals surface area contributed by atoms with E-state index in [0.29, 0.717) is 18.4 Å². The van der Waals surface area contributed by atoms with Gasteiger partial charge in [0.2, 0.25) is 0 Å². The molecule has 1 aliphatic carbocycles. The minimum atomic E-state index is -0.755. The lowest BCUT2D eigenvalue weighted by atomic mass is 9.81. The van der Waals surface area contributed by atoms with E-state index < -0.39 is 11.5 Å². The Balaban J connectivity index is 1.94. The maximum atomic E-state index is 12.2. The van der Waals surface area contributed by atoms with Gasteiger partial charge in [-0.1, -0.05) is 37.5 Å². The average molecular weight is 300 g/mol. The van der Waals surface area contributed by atoms with Crippen LogP contribution in [-0.2, 0) is 9.53 Å². The van der Waals surface area contributed by atoms with Crippen molar-refractivity contribution in [3.63, 3.8) is 0 Å². The Hall–Kier alpha value is -2.35. The van der Waals surface area contributed by atoms with Crippen molar-refractivity contribution >= 4 is 11.9 Å². The fraction of sp³-hybridized carbons (Fsp3) is 0.471. The number of esters is 1. The number of nitriles is 1. The highest BCUT2D eigenvalue weighted by molar-refractivity contribution is 5.91. The number of carbonyl (C=O) groups excluding carboxylic acids is 2. The highest BCUT2D eigenvalue weighted by Crippen LogP contribution is 2.32. The lowest BCUT2D eigenvalue weighted by Gasteiger charge is -2.38. The number of hydrogen-bond donors (Lipinski definition) is 0. The number of carbonyl (C=O) groups is 2. The molecule has 1 amide bonds. The van der Waals surface area contributed by atoms with Gasteiger partial charge in [-0.05, 0) is 25.0 Å². The van der Waals surface area contributed by atoms with Gasteiger partial charge >= 0.3 is 5.97 Å². The van der Waals surface area contributed by atoms with Gasteiger partial charge in [0.15, 0.2) is 6.61 Å². The van der Waals surface area contributed by atoms with Crippen LogP contribution in [-0.4, -0.2) is 36.0 Å². The highest BCUT2D eigenvalue weighted by atomic mass is 16.5. The molecule has 1 fully saturated rings. The van der Waals surface area contributed by atoms with Crippen molar-refractivity contribution < 1.29 is 14.3 Å². The molecule has 1 aromatic carbocycles. The Labute approximate surface area is 130 Å². The van der Waals surface area contributed by atoms with E-state index in [1.807, 2.05) is 0 Å². The smallest absolute Gasteiger partial charge is 0.338 e. The zero-order chi connectivity index (χ0) is 16.0. The van der Waals surface area contributed by atoms with E-state index in [4.69, 9.17) is 4.74 Å². The Morgan fingerprint density at radius 2 is 1.86 bits per heavy atom. The summed E-state index contributed by atoms with van der Waals surface area (Å²) in [5, 5.41) is 9.46. The molecule has 1 saturated carbocycles. The van der Waals surface area contributed by atoms with Crippen LogP contribution >= 0.6 is 0 Å². The van der Waals surface area contributed by atoms with Crippen molar-refractivity contribution in [1.82, 2.24) is 4.90 Å². The van der Waals surface area contributed by atoms with Gasteiger partial charge in [0, 0.05) is 7.05 Å². The third-order valence-corrected chi connectivity index (χ3v) is 4.24. The first kappa shape index (κ1) is 16.0. The van der Waals surface area contributed by atoms with E-state index in [-0.39, 0.29) is 12.5 Å². The Kier molecular flexibility index (Phi) is 5.16. The molecule has 1 aliphatic rings. The summed E-state index contributed by atoms with van der Waals surface area (Å²) in [6.45, 7) is -0.340. The third-order valence-electron chi connectivity index (χ3n) is 4.24. The lowest BCUT2D eigenvalue weighted by molar-refractivity contribution is -0.138. The van der Waals surface area contributed by atoms with E-state index in [1.165, 1.54) is 4.90 Å². The molecule has 0 atom stereocenters. The van der Waals surface area contributed by atoms with Gasteiger partial charge in [-0.15, -0.1) is 0 Å². The fourth-order valence-corrected chi connectivity index (χ4v) is 2.78. The van der Waals surface area contributed by atoms with Crippen LogP contribution in [0.4, 0.5) is 0 Å². The molecule has 5 nitrogen and oxygen atoms in total. The SMILES string of the molecule is CN(C(=O)COC(=O)c1ccccc1)C1(C#N)CCCCC1. The van der Waals surface area contributed by atoms with E-state index in [9.17, 15) is 14.9 Å². The molecule has 0 unspecified atom stereocenters. The molecule has 0 spiro atoms. The summed E-state index contributed by atoms with van der Waals surface area (Å²) in [5.74, 6) is -0.871. The van der Waals surface area contributed by atoms with Gasteiger partial charge in [-0.25, -0.2) is 4.79 Å². The maximum Gasteiger partial charge on any atom is 0.338 e. The van der Waals surface area contributed by atoms with Gasteiger partial charge in [0.1, 0.15) is 5.54 Å². The minimum Gasteiger partial charge on any atom is -0.452 e. The molecule has 0 aromatic heterocycles. The van der Waals surface area contributed by atoms with E-state index in [2.05, 4.69) is 6.07 Å². The average Bonchev–Trinajstić information content (AvgIpc) is 2.60. The zero-order valence-electron chi connectivity index (χ0n) is 12.7. The van der Waals surface area contributed by atoms with E-state index in [1.54, 1.807) is 37.4 Å². The molecule has 2 rings (SSSR count). The molecular formula is C17H20N2O3. The number of likely N-dealkylation sites (N-methyl/N-ethyl adjacent to an activating group) is 1. The van der Waals surface area contributed by atoms with Gasteiger partial charge < -0.3 is 9.64 Å². The maximum absolute atomic E-state index is 12.2. The summed E-state index contributed by atoms with van der Waals surface area (Å²) in [7, 11) is 1.62. The van der Waals surface area contributed by atoms with Crippen LogP contribution in [0.2, 0.25) is 0 Å². The van der Waals surface area contributed by atoms with Gasteiger partial charge in [-0.2, -0.15) is 5.26 Å². The second-order valence-corrected chi connectivity index (χ2v) is 5.60. The van der Waals surface area contributed by atoms with Crippen molar-refractivity contribution in [2.75, 3.05) is 13.7 Å². The third kappa shape index (κ3) is 3.45. The molecule has 0 bridgehead atoms. The number of hydrogen-bond acceptors (Lipinski definition) is 4. The van der Waals surface area contributed by atoms with Crippen LogP contribution in [0, 0.1) is 11.3 Å². The molecule has 0 radical (unpaired) electrons. The molecule has 0 saturated heterocycles. The standard InChI is InChI=1S/C17H20N2O3/c1-19(17(13-18)10-6-3-7-11-17)15(20)12-22-16(21)14-8-4-2-5-9-14/h2,4-5,8-9H,3,6-7,10-12H2,1H3.